The SMILES string of the molecule is CC1(C)O[C@@H]2[C@@H](O1)C(c1ccccc1)(c1ccccc1)OP(=O)([C@@H](NP(=O)(c1ccccc1)c1ccccc1)c1ccco1)OC2(c1ccccc1)c1ccccc1. The smallest absolute Gasteiger partial charge is 0.358 e. The molecular formula is C48H43NO7P2. The molecule has 8 nitrogen and oxygen atoms in total. The van der Waals surface area contributed by atoms with Gasteiger partial charge in [0.15, 0.2) is 22.8 Å². The van der Waals surface area contributed by atoms with Crippen molar-refractivity contribution < 1.29 is 32.1 Å². The molecule has 2 saturated heterocycles. The van der Waals surface area contributed by atoms with Crippen LogP contribution in [0.4, 0.5) is 0 Å². The Balaban J connectivity index is 1.40. The van der Waals surface area contributed by atoms with Crippen molar-refractivity contribution in [3.63, 3.8) is 0 Å². The van der Waals surface area contributed by atoms with E-state index in [2.05, 4.69) is 5.09 Å². The number of hydrogen-bond donors (Lipinski definition) is 1. The van der Waals surface area contributed by atoms with Gasteiger partial charge in [0.2, 0.25) is 7.29 Å². The molecule has 2 fully saturated rings. The number of rotatable bonds is 10. The second-order valence-electron chi connectivity index (χ2n) is 15.0. The summed E-state index contributed by atoms with van der Waals surface area (Å²) in [5.74, 6) is -2.39. The van der Waals surface area contributed by atoms with Crippen LogP contribution in [0.2, 0.25) is 0 Å². The third-order valence-corrected chi connectivity index (χ3v) is 15.9. The van der Waals surface area contributed by atoms with E-state index in [-0.39, 0.29) is 5.76 Å². The maximum absolute atomic E-state index is 17.3. The van der Waals surface area contributed by atoms with E-state index < -0.39 is 49.9 Å². The topological polar surface area (TPSA) is 96.2 Å². The zero-order chi connectivity index (χ0) is 39.9. The molecule has 3 atom stereocenters. The zero-order valence-electron chi connectivity index (χ0n) is 32.0. The van der Waals surface area contributed by atoms with E-state index in [1.54, 1.807) is 36.4 Å². The summed E-state index contributed by atoms with van der Waals surface area (Å²) in [6.07, 6.45) is -0.455. The van der Waals surface area contributed by atoms with Gasteiger partial charge in [0.1, 0.15) is 18.0 Å². The lowest BCUT2D eigenvalue weighted by molar-refractivity contribution is -0.176. The summed E-state index contributed by atoms with van der Waals surface area (Å²) in [7, 11) is -8.70. The second kappa shape index (κ2) is 15.2. The molecule has 3 heterocycles. The zero-order valence-corrected chi connectivity index (χ0v) is 33.8. The first kappa shape index (κ1) is 38.4. The fourth-order valence-electron chi connectivity index (χ4n) is 8.41. The normalized spacial score (nSPS) is 21.0. The highest BCUT2D eigenvalue weighted by Gasteiger charge is 2.70. The highest BCUT2D eigenvalue weighted by atomic mass is 31.2. The molecule has 0 bridgehead atoms. The van der Waals surface area contributed by atoms with Crippen molar-refractivity contribution in [2.45, 2.75) is 48.8 Å². The molecule has 10 heteroatoms. The average Bonchev–Trinajstić information content (AvgIpc) is 3.92. The van der Waals surface area contributed by atoms with Gasteiger partial charge >= 0.3 is 7.60 Å². The van der Waals surface area contributed by atoms with E-state index >= 15 is 9.13 Å². The van der Waals surface area contributed by atoms with Crippen LogP contribution in [0, 0.1) is 0 Å². The molecular weight excluding hydrogens is 764 g/mol. The van der Waals surface area contributed by atoms with Gasteiger partial charge in [-0.2, -0.15) is 0 Å². The number of furan rings is 1. The average molecular weight is 808 g/mol. The Hall–Kier alpha value is -5.14. The van der Waals surface area contributed by atoms with Gasteiger partial charge in [-0.05, 0) is 72.5 Å². The lowest BCUT2D eigenvalue weighted by Crippen LogP contribution is -2.53. The van der Waals surface area contributed by atoms with Crippen LogP contribution in [0.1, 0.15) is 47.6 Å². The Morgan fingerprint density at radius 1 is 0.517 bits per heavy atom. The van der Waals surface area contributed by atoms with Crippen molar-refractivity contribution in [1.29, 1.82) is 0 Å². The third kappa shape index (κ3) is 6.56. The lowest BCUT2D eigenvalue weighted by atomic mass is 9.72. The Kier molecular flexibility index (Phi) is 10.1. The Morgan fingerprint density at radius 2 is 0.862 bits per heavy atom. The Labute approximate surface area is 338 Å². The Bertz CT molecular complexity index is 2310. The molecule has 0 unspecified atom stereocenters. The third-order valence-electron chi connectivity index (χ3n) is 10.9. The molecule has 0 saturated carbocycles. The van der Waals surface area contributed by atoms with E-state index in [0.29, 0.717) is 32.9 Å². The summed E-state index contributed by atoms with van der Waals surface area (Å²) < 4.78 is 68.9. The molecule has 58 heavy (non-hydrogen) atoms. The van der Waals surface area contributed by atoms with E-state index in [0.717, 1.165) is 0 Å². The predicted molar refractivity (Wildman–Crippen MR) is 225 cm³/mol. The van der Waals surface area contributed by atoms with Gasteiger partial charge in [0, 0.05) is 10.6 Å². The first-order valence-electron chi connectivity index (χ1n) is 19.3. The molecule has 1 N–H and O–H groups in total. The molecule has 0 spiro atoms. The van der Waals surface area contributed by atoms with Crippen LogP contribution in [0.5, 0.6) is 0 Å². The minimum Gasteiger partial charge on any atom is -0.467 e. The maximum Gasteiger partial charge on any atom is 0.358 e. The fraction of sp³-hybridized carbons (Fsp3) is 0.167. The lowest BCUT2D eigenvalue weighted by Gasteiger charge is -2.41. The van der Waals surface area contributed by atoms with E-state index in [1.165, 1.54) is 6.26 Å². The van der Waals surface area contributed by atoms with Crippen LogP contribution in [-0.2, 0) is 38.9 Å². The number of nitrogens with one attached hydrogen (secondary N) is 1. The van der Waals surface area contributed by atoms with Crippen molar-refractivity contribution in [3.8, 4) is 0 Å². The number of fused-ring (bicyclic) bond motifs is 1. The second-order valence-corrected chi connectivity index (χ2v) is 19.4. The van der Waals surface area contributed by atoms with Gasteiger partial charge in [-0.15, -0.1) is 0 Å². The van der Waals surface area contributed by atoms with Gasteiger partial charge < -0.3 is 13.9 Å². The van der Waals surface area contributed by atoms with Crippen LogP contribution in [0.25, 0.3) is 0 Å². The summed E-state index contributed by atoms with van der Waals surface area (Å²) in [5.41, 5.74) is -0.650. The van der Waals surface area contributed by atoms with E-state index in [9.17, 15) is 0 Å². The number of hydrogen-bond acceptors (Lipinski definition) is 7. The summed E-state index contributed by atoms with van der Waals surface area (Å²) in [6.45, 7) is 3.73. The molecule has 6 aromatic carbocycles. The first-order chi connectivity index (χ1) is 28.2. The van der Waals surface area contributed by atoms with Gasteiger partial charge in [0.05, 0.1) is 6.26 Å². The Morgan fingerprint density at radius 3 is 1.19 bits per heavy atom. The minimum absolute atomic E-state index is 0.203. The van der Waals surface area contributed by atoms with Crippen molar-refractivity contribution in [3.05, 3.63) is 228 Å². The van der Waals surface area contributed by atoms with E-state index in [1.807, 2.05) is 172 Å². The highest BCUT2D eigenvalue weighted by molar-refractivity contribution is 7.77. The van der Waals surface area contributed by atoms with Gasteiger partial charge in [-0.3, -0.25) is 18.2 Å². The van der Waals surface area contributed by atoms with Crippen LogP contribution < -0.4 is 15.7 Å². The van der Waals surface area contributed by atoms with Crippen molar-refractivity contribution in [2.75, 3.05) is 0 Å². The molecule has 292 valence electrons. The molecule has 0 amide bonds. The molecule has 0 aliphatic carbocycles. The van der Waals surface area contributed by atoms with Gasteiger partial charge in [0.25, 0.3) is 0 Å². The van der Waals surface area contributed by atoms with Crippen LogP contribution in [0.3, 0.4) is 0 Å². The highest BCUT2D eigenvalue weighted by Crippen LogP contribution is 2.74. The standard InChI is InChI=1S/C48H43NO7P2/c1-46(2)53-43-44(54-46)48(38-26-13-5-14-27-38,39-28-15-6-16-29-39)56-58(51,55-47(43,36-22-9-3-10-23-36)37-24-11-4-12-25-37)45(42-34-21-35-52-42)49-57(50,40-30-17-7-18-31-40)41-32-19-8-20-33-41/h3-35,43-45H,1-2H3,(H,49,50)/t43-,44-,45-/m1/s1. The summed E-state index contributed by atoms with van der Waals surface area (Å²) in [6, 6.07) is 60.2. The van der Waals surface area contributed by atoms with Crippen LogP contribution in [-0.4, -0.2) is 18.0 Å². The van der Waals surface area contributed by atoms with Crippen molar-refractivity contribution >= 4 is 25.5 Å². The largest absolute Gasteiger partial charge is 0.467 e. The van der Waals surface area contributed by atoms with E-state index in [4.69, 9.17) is 22.9 Å². The predicted octanol–water partition coefficient (Wildman–Crippen LogP) is 10.4. The number of benzene rings is 6. The molecule has 9 rings (SSSR count). The van der Waals surface area contributed by atoms with Crippen LogP contribution in [0.15, 0.2) is 205 Å². The van der Waals surface area contributed by atoms with Crippen molar-refractivity contribution in [2.24, 2.45) is 0 Å². The van der Waals surface area contributed by atoms with Gasteiger partial charge in [-0.1, -0.05) is 158 Å². The van der Waals surface area contributed by atoms with Gasteiger partial charge in [-0.25, -0.2) is 5.09 Å². The first-order valence-corrected chi connectivity index (χ1v) is 22.6. The number of ether oxygens (including phenoxy) is 2. The molecule has 2 aliphatic rings. The summed E-state index contributed by atoms with van der Waals surface area (Å²) in [4.78, 5) is 0. The fourth-order valence-corrected chi connectivity index (χ4v) is 13.9. The molecule has 2 aliphatic heterocycles. The minimum atomic E-state index is -4.83. The quantitative estimate of drug-likeness (QED) is 0.137. The molecule has 1 aromatic heterocycles. The molecule has 7 aromatic rings. The summed E-state index contributed by atoms with van der Waals surface area (Å²) in [5, 5.41) is 4.43. The summed E-state index contributed by atoms with van der Waals surface area (Å²) >= 11 is 0. The van der Waals surface area contributed by atoms with Crippen molar-refractivity contribution in [1.82, 2.24) is 5.09 Å². The molecule has 0 radical (unpaired) electrons. The maximum atomic E-state index is 17.3. The monoisotopic (exact) mass is 807 g/mol. The van der Waals surface area contributed by atoms with Crippen LogP contribution >= 0.6 is 14.9 Å².